The molecule has 3 nitrogen and oxygen atoms in total. The van der Waals surface area contributed by atoms with Gasteiger partial charge in [0.05, 0.1) is 5.35 Å². The predicted octanol–water partition coefficient (Wildman–Crippen LogP) is 1.86. The predicted molar refractivity (Wildman–Crippen MR) is 70.7 cm³/mol. The van der Waals surface area contributed by atoms with Crippen molar-refractivity contribution < 1.29 is 0 Å². The summed E-state index contributed by atoms with van der Waals surface area (Å²) in [6, 6.07) is 0. The Bertz CT molecular complexity index is 415. The van der Waals surface area contributed by atoms with Crippen LogP contribution < -0.4 is 15.9 Å². The van der Waals surface area contributed by atoms with E-state index in [1.807, 2.05) is 6.92 Å². The maximum atomic E-state index is 4.30. The number of hydrogen-bond donors (Lipinski definition) is 2. The van der Waals surface area contributed by atoms with Crippen LogP contribution in [0.15, 0.2) is 0 Å². The van der Waals surface area contributed by atoms with E-state index in [0.717, 1.165) is 30.6 Å². The average Bonchev–Trinajstić information content (AvgIpc) is 2.65. The van der Waals surface area contributed by atoms with Crippen molar-refractivity contribution in [1.82, 2.24) is 10.2 Å². The van der Waals surface area contributed by atoms with E-state index in [9.17, 15) is 0 Å². The molecule has 0 aliphatic heterocycles. The van der Waals surface area contributed by atoms with E-state index in [4.69, 9.17) is 0 Å². The van der Waals surface area contributed by atoms with Gasteiger partial charge in [0.2, 0.25) is 0 Å². The standard InChI is InChI=1S/C13H23N3/c1-5-9-14-13-11(8-7-10(3)4)12(6-2)15-16-13/h6,8,10,15H,5,7,9H2,1-4H3,(H,14,16). The summed E-state index contributed by atoms with van der Waals surface area (Å²) in [6.07, 6.45) is 6.53. The van der Waals surface area contributed by atoms with Gasteiger partial charge in [-0.15, -0.1) is 0 Å². The van der Waals surface area contributed by atoms with Crippen LogP contribution in [0.5, 0.6) is 0 Å². The molecular weight excluding hydrogens is 198 g/mol. The molecule has 90 valence electrons. The van der Waals surface area contributed by atoms with Crippen molar-refractivity contribution in [3.05, 3.63) is 10.6 Å². The van der Waals surface area contributed by atoms with Gasteiger partial charge in [-0.05, 0) is 25.7 Å². The van der Waals surface area contributed by atoms with Crippen molar-refractivity contribution in [2.75, 3.05) is 11.9 Å². The monoisotopic (exact) mass is 221 g/mol. The van der Waals surface area contributed by atoms with Gasteiger partial charge in [-0.2, -0.15) is 5.10 Å². The van der Waals surface area contributed by atoms with Crippen LogP contribution in [-0.4, -0.2) is 16.7 Å². The minimum absolute atomic E-state index is 0.679. The van der Waals surface area contributed by atoms with Crippen LogP contribution in [0.25, 0.3) is 12.2 Å². The van der Waals surface area contributed by atoms with Gasteiger partial charge in [0.25, 0.3) is 0 Å². The van der Waals surface area contributed by atoms with Crippen LogP contribution in [0.4, 0.5) is 5.82 Å². The second-order valence-electron chi connectivity index (χ2n) is 4.45. The van der Waals surface area contributed by atoms with Crippen molar-refractivity contribution in [3.8, 4) is 0 Å². The van der Waals surface area contributed by atoms with E-state index in [0.29, 0.717) is 5.92 Å². The zero-order valence-corrected chi connectivity index (χ0v) is 10.8. The molecule has 0 atom stereocenters. The highest BCUT2D eigenvalue weighted by molar-refractivity contribution is 5.43. The fourth-order valence-corrected chi connectivity index (χ4v) is 1.52. The van der Waals surface area contributed by atoms with Gasteiger partial charge in [0.15, 0.2) is 5.82 Å². The minimum atomic E-state index is 0.679. The number of nitrogens with one attached hydrogen (secondary N) is 2. The Morgan fingerprint density at radius 3 is 2.75 bits per heavy atom. The first-order valence-corrected chi connectivity index (χ1v) is 6.13. The van der Waals surface area contributed by atoms with E-state index in [1.54, 1.807) is 0 Å². The van der Waals surface area contributed by atoms with Gasteiger partial charge < -0.3 is 5.32 Å². The second-order valence-corrected chi connectivity index (χ2v) is 4.45. The number of rotatable bonds is 5. The summed E-state index contributed by atoms with van der Waals surface area (Å²) < 4.78 is 0. The zero-order valence-electron chi connectivity index (χ0n) is 10.8. The summed E-state index contributed by atoms with van der Waals surface area (Å²) in [6.45, 7) is 9.61. The van der Waals surface area contributed by atoms with E-state index in [1.165, 1.54) is 5.22 Å². The molecule has 0 amide bonds. The van der Waals surface area contributed by atoms with Gasteiger partial charge in [0, 0.05) is 11.8 Å². The third-order valence-corrected chi connectivity index (χ3v) is 2.46. The molecule has 0 aliphatic rings. The minimum Gasteiger partial charge on any atom is -0.368 e. The molecule has 2 N–H and O–H groups in total. The molecular formula is C13H23N3. The fourth-order valence-electron chi connectivity index (χ4n) is 1.52. The molecule has 0 spiro atoms. The van der Waals surface area contributed by atoms with E-state index in [2.05, 4.69) is 48.4 Å². The number of nitrogens with zero attached hydrogens (tertiary/aromatic N) is 1. The highest BCUT2D eigenvalue weighted by atomic mass is 15.2. The van der Waals surface area contributed by atoms with Crippen molar-refractivity contribution in [2.24, 2.45) is 5.92 Å². The molecule has 0 fully saturated rings. The third kappa shape index (κ3) is 3.40. The van der Waals surface area contributed by atoms with Crippen molar-refractivity contribution >= 4 is 18.0 Å². The van der Waals surface area contributed by atoms with Crippen LogP contribution >= 0.6 is 0 Å². The molecule has 0 radical (unpaired) electrons. The van der Waals surface area contributed by atoms with Gasteiger partial charge in [0.1, 0.15) is 0 Å². The quantitative estimate of drug-likeness (QED) is 0.797. The van der Waals surface area contributed by atoms with Gasteiger partial charge >= 0.3 is 0 Å². The Hall–Kier alpha value is -1.25. The molecule has 0 unspecified atom stereocenters. The lowest BCUT2D eigenvalue weighted by atomic mass is 10.1. The lowest BCUT2D eigenvalue weighted by Crippen LogP contribution is -2.25. The molecule has 0 aromatic carbocycles. The summed E-state index contributed by atoms with van der Waals surface area (Å²) in [5.74, 6) is 1.66. The van der Waals surface area contributed by atoms with Gasteiger partial charge in [-0.3, -0.25) is 5.10 Å². The Balaban J connectivity index is 3.01. The maximum absolute atomic E-state index is 4.30. The van der Waals surface area contributed by atoms with Crippen LogP contribution in [-0.2, 0) is 0 Å². The Morgan fingerprint density at radius 2 is 2.19 bits per heavy atom. The molecule has 0 saturated carbocycles. The SMILES string of the molecule is CC=c1[nH]nc(NCCC)c1=CCC(C)C. The highest BCUT2D eigenvalue weighted by Gasteiger charge is 2.00. The molecule has 1 rings (SSSR count). The molecule has 3 heteroatoms. The Labute approximate surface area is 97.6 Å². The summed E-state index contributed by atoms with van der Waals surface area (Å²) in [5.41, 5.74) is 0. The summed E-state index contributed by atoms with van der Waals surface area (Å²) in [7, 11) is 0. The van der Waals surface area contributed by atoms with Crippen molar-refractivity contribution in [2.45, 2.75) is 40.5 Å². The summed E-state index contributed by atoms with van der Waals surface area (Å²) in [5, 5.41) is 13.0. The van der Waals surface area contributed by atoms with Crippen LogP contribution in [0.2, 0.25) is 0 Å². The highest BCUT2D eigenvalue weighted by Crippen LogP contribution is 2.00. The molecule has 0 bridgehead atoms. The topological polar surface area (TPSA) is 40.7 Å². The molecule has 1 heterocycles. The van der Waals surface area contributed by atoms with E-state index >= 15 is 0 Å². The Morgan fingerprint density at radius 1 is 1.44 bits per heavy atom. The third-order valence-electron chi connectivity index (χ3n) is 2.46. The fraction of sp³-hybridized carbons (Fsp3) is 0.615. The van der Waals surface area contributed by atoms with Crippen molar-refractivity contribution in [1.29, 1.82) is 0 Å². The number of H-pyrrole nitrogens is 1. The zero-order chi connectivity index (χ0) is 12.0. The Kier molecular flexibility index (Phi) is 5.09. The van der Waals surface area contributed by atoms with E-state index < -0.39 is 0 Å². The van der Waals surface area contributed by atoms with Gasteiger partial charge in [-0.1, -0.05) is 32.9 Å². The second kappa shape index (κ2) is 6.36. The molecule has 0 aliphatic carbocycles. The number of aromatic amines is 1. The molecule has 16 heavy (non-hydrogen) atoms. The number of anilines is 1. The van der Waals surface area contributed by atoms with Gasteiger partial charge in [-0.25, -0.2) is 0 Å². The number of aromatic nitrogens is 2. The molecule has 1 aromatic heterocycles. The maximum Gasteiger partial charge on any atom is 0.155 e. The van der Waals surface area contributed by atoms with Crippen molar-refractivity contribution in [3.63, 3.8) is 0 Å². The first-order valence-electron chi connectivity index (χ1n) is 6.13. The normalized spacial score (nSPS) is 13.8. The van der Waals surface area contributed by atoms with Crippen LogP contribution in [0.1, 0.15) is 40.5 Å². The largest absolute Gasteiger partial charge is 0.368 e. The number of hydrogen-bond acceptors (Lipinski definition) is 2. The first-order chi connectivity index (χ1) is 7.69. The smallest absolute Gasteiger partial charge is 0.155 e. The molecule has 1 aromatic rings. The summed E-state index contributed by atoms with van der Waals surface area (Å²) >= 11 is 0. The first kappa shape index (κ1) is 12.8. The average molecular weight is 221 g/mol. The summed E-state index contributed by atoms with van der Waals surface area (Å²) in [4.78, 5) is 0. The van der Waals surface area contributed by atoms with Crippen LogP contribution in [0.3, 0.4) is 0 Å². The van der Waals surface area contributed by atoms with Crippen LogP contribution in [0, 0.1) is 5.92 Å². The van der Waals surface area contributed by atoms with E-state index in [-0.39, 0.29) is 0 Å². The lowest BCUT2D eigenvalue weighted by molar-refractivity contribution is 0.681. The molecule has 0 saturated heterocycles. The lowest BCUT2D eigenvalue weighted by Gasteiger charge is -2.00.